The number of anilines is 1. The Balaban J connectivity index is 1.63. The van der Waals surface area contributed by atoms with Crippen LogP contribution >= 0.6 is 0 Å². The van der Waals surface area contributed by atoms with Crippen LogP contribution in [0.25, 0.3) is 0 Å². The zero-order valence-electron chi connectivity index (χ0n) is 11.0. The number of carbonyl (C=O) groups excluding carboxylic acids is 1. The number of hydrogen-bond acceptors (Lipinski definition) is 4. The second kappa shape index (κ2) is 4.64. The third kappa shape index (κ3) is 2.20. The molecule has 1 unspecified atom stereocenters. The van der Waals surface area contributed by atoms with Gasteiger partial charge in [-0.2, -0.15) is 0 Å². The van der Waals surface area contributed by atoms with Gasteiger partial charge in [0.15, 0.2) is 6.23 Å². The highest BCUT2D eigenvalue weighted by Gasteiger charge is 2.29. The zero-order valence-corrected chi connectivity index (χ0v) is 11.0. The van der Waals surface area contributed by atoms with Gasteiger partial charge in [0, 0.05) is 39.0 Å². The van der Waals surface area contributed by atoms with Crippen molar-refractivity contribution in [2.75, 3.05) is 25.0 Å². The molecule has 1 saturated heterocycles. The van der Waals surface area contributed by atoms with E-state index in [0.29, 0.717) is 12.2 Å². The van der Waals surface area contributed by atoms with Gasteiger partial charge in [0.05, 0.1) is 5.69 Å². The van der Waals surface area contributed by atoms with E-state index in [4.69, 9.17) is 4.74 Å². The summed E-state index contributed by atoms with van der Waals surface area (Å²) in [6, 6.07) is 5.14. The van der Waals surface area contributed by atoms with E-state index >= 15 is 0 Å². The summed E-state index contributed by atoms with van der Waals surface area (Å²) in [6.07, 6.45) is 2.35. The number of carbonyl (C=O) groups is 1. The first-order valence-corrected chi connectivity index (χ1v) is 6.65. The molecule has 0 aromatic heterocycles. The van der Waals surface area contributed by atoms with Crippen LogP contribution in [0.3, 0.4) is 0 Å². The van der Waals surface area contributed by atoms with Crippen molar-refractivity contribution < 1.29 is 14.6 Å². The van der Waals surface area contributed by atoms with Crippen molar-refractivity contribution in [2.45, 2.75) is 25.5 Å². The molecule has 2 aliphatic heterocycles. The normalized spacial score (nSPS) is 21.7. The summed E-state index contributed by atoms with van der Waals surface area (Å²) in [7, 11) is 1.97. The van der Waals surface area contributed by atoms with Gasteiger partial charge in [0.25, 0.3) is 0 Å². The third-order valence-corrected chi connectivity index (χ3v) is 3.84. The fourth-order valence-electron chi connectivity index (χ4n) is 2.73. The van der Waals surface area contributed by atoms with Gasteiger partial charge in [-0.25, -0.2) is 0 Å². The van der Waals surface area contributed by atoms with Crippen molar-refractivity contribution in [2.24, 2.45) is 0 Å². The fourth-order valence-corrected chi connectivity index (χ4v) is 2.73. The predicted molar refractivity (Wildman–Crippen MR) is 71.4 cm³/mol. The monoisotopic (exact) mass is 262 g/mol. The zero-order chi connectivity index (χ0) is 13.4. The van der Waals surface area contributed by atoms with E-state index in [1.165, 1.54) is 0 Å². The highest BCUT2D eigenvalue weighted by Crippen LogP contribution is 2.39. The van der Waals surface area contributed by atoms with Gasteiger partial charge < -0.3 is 19.6 Å². The molecule has 0 aliphatic carbocycles. The molecule has 5 nitrogen and oxygen atoms in total. The number of fused-ring (bicyclic) bond motifs is 1. The summed E-state index contributed by atoms with van der Waals surface area (Å²) in [5.74, 6) is 1.17. The molecule has 2 heterocycles. The second-order valence-corrected chi connectivity index (χ2v) is 5.11. The molecule has 1 aromatic rings. The minimum atomic E-state index is -0.0646. The topological polar surface area (TPSA) is 53.0 Å². The lowest BCUT2D eigenvalue weighted by Gasteiger charge is -2.23. The molecular formula is C14H18N2O3. The summed E-state index contributed by atoms with van der Waals surface area (Å²) in [5.41, 5.74) is 0.982. The number of rotatable bonds is 3. The Morgan fingerprint density at radius 2 is 2.32 bits per heavy atom. The first-order valence-electron chi connectivity index (χ1n) is 6.65. The van der Waals surface area contributed by atoms with Crippen LogP contribution in [0.1, 0.15) is 19.3 Å². The van der Waals surface area contributed by atoms with Crippen molar-refractivity contribution in [3.8, 4) is 11.5 Å². The van der Waals surface area contributed by atoms with E-state index < -0.39 is 0 Å². The number of phenolic OH excluding ortho intramolecular Hbond substituents is 1. The highest BCUT2D eigenvalue weighted by molar-refractivity contribution is 5.78. The lowest BCUT2D eigenvalue weighted by molar-refractivity contribution is -0.127. The molecule has 1 atom stereocenters. The van der Waals surface area contributed by atoms with Gasteiger partial charge in [0.2, 0.25) is 5.91 Å². The quantitative estimate of drug-likeness (QED) is 0.898. The summed E-state index contributed by atoms with van der Waals surface area (Å²) in [4.78, 5) is 15.5. The predicted octanol–water partition coefficient (Wildman–Crippen LogP) is 1.56. The molecule has 0 bridgehead atoms. The lowest BCUT2D eigenvalue weighted by Crippen LogP contribution is -2.36. The number of ether oxygens (including phenoxy) is 1. The van der Waals surface area contributed by atoms with Crippen LogP contribution in [0.2, 0.25) is 0 Å². The van der Waals surface area contributed by atoms with Crippen LogP contribution in [0, 0.1) is 0 Å². The maximum atomic E-state index is 11.6. The molecule has 1 N–H and O–H groups in total. The van der Waals surface area contributed by atoms with E-state index in [9.17, 15) is 9.90 Å². The summed E-state index contributed by atoms with van der Waals surface area (Å²) < 4.78 is 5.82. The van der Waals surface area contributed by atoms with Crippen LogP contribution in [0.4, 0.5) is 5.69 Å². The largest absolute Gasteiger partial charge is 0.508 e. The standard InChI is InChI=1S/C14H18N2O3/c1-15-11-5-4-10(17)9-12(11)19-14(15)6-8-16-7-2-3-13(16)18/h4-5,9,14,17H,2-3,6-8H2,1H3. The molecule has 0 saturated carbocycles. The smallest absolute Gasteiger partial charge is 0.222 e. The molecule has 19 heavy (non-hydrogen) atoms. The minimum absolute atomic E-state index is 0.0646. The molecular weight excluding hydrogens is 244 g/mol. The lowest BCUT2D eigenvalue weighted by atomic mass is 10.2. The van der Waals surface area contributed by atoms with Crippen LogP contribution in [-0.2, 0) is 4.79 Å². The molecule has 2 aliphatic rings. The number of aromatic hydroxyl groups is 1. The van der Waals surface area contributed by atoms with Crippen molar-refractivity contribution >= 4 is 11.6 Å². The Morgan fingerprint density at radius 1 is 1.47 bits per heavy atom. The molecule has 1 fully saturated rings. The minimum Gasteiger partial charge on any atom is -0.508 e. The first-order chi connectivity index (χ1) is 9.15. The molecule has 1 aromatic carbocycles. The molecule has 5 heteroatoms. The van der Waals surface area contributed by atoms with Crippen LogP contribution < -0.4 is 9.64 Å². The summed E-state index contributed by atoms with van der Waals surface area (Å²) in [5, 5.41) is 9.45. The van der Waals surface area contributed by atoms with Crippen molar-refractivity contribution in [1.29, 1.82) is 0 Å². The van der Waals surface area contributed by atoms with Gasteiger partial charge in [-0.1, -0.05) is 0 Å². The average molecular weight is 262 g/mol. The van der Waals surface area contributed by atoms with Crippen molar-refractivity contribution in [3.63, 3.8) is 0 Å². The summed E-state index contributed by atoms with van der Waals surface area (Å²) >= 11 is 0. The summed E-state index contributed by atoms with van der Waals surface area (Å²) in [6.45, 7) is 1.59. The number of phenols is 1. The van der Waals surface area contributed by atoms with Gasteiger partial charge in [-0.15, -0.1) is 0 Å². The molecule has 102 valence electrons. The van der Waals surface area contributed by atoms with Crippen molar-refractivity contribution in [1.82, 2.24) is 4.90 Å². The average Bonchev–Trinajstić information content (AvgIpc) is 2.91. The molecule has 3 rings (SSSR count). The number of likely N-dealkylation sites (tertiary alicyclic amines) is 1. The SMILES string of the molecule is CN1c2ccc(O)cc2OC1CCN1CCCC1=O. The van der Waals surface area contributed by atoms with E-state index in [0.717, 1.165) is 31.6 Å². The van der Waals surface area contributed by atoms with Crippen LogP contribution in [0.15, 0.2) is 18.2 Å². The van der Waals surface area contributed by atoms with Gasteiger partial charge in [-0.05, 0) is 18.6 Å². The Bertz CT molecular complexity index is 503. The molecule has 0 spiro atoms. The van der Waals surface area contributed by atoms with Crippen molar-refractivity contribution in [3.05, 3.63) is 18.2 Å². The third-order valence-electron chi connectivity index (χ3n) is 3.84. The maximum absolute atomic E-state index is 11.6. The Hall–Kier alpha value is -1.91. The van der Waals surface area contributed by atoms with E-state index in [2.05, 4.69) is 4.90 Å². The Labute approximate surface area is 112 Å². The molecule has 1 amide bonds. The fraction of sp³-hybridized carbons (Fsp3) is 0.500. The van der Waals surface area contributed by atoms with E-state index in [-0.39, 0.29) is 17.9 Å². The highest BCUT2D eigenvalue weighted by atomic mass is 16.5. The van der Waals surface area contributed by atoms with E-state index in [1.807, 2.05) is 18.0 Å². The first kappa shape index (κ1) is 12.1. The van der Waals surface area contributed by atoms with Gasteiger partial charge in [-0.3, -0.25) is 4.79 Å². The van der Waals surface area contributed by atoms with Crippen LogP contribution in [0.5, 0.6) is 11.5 Å². The van der Waals surface area contributed by atoms with Gasteiger partial charge >= 0.3 is 0 Å². The van der Waals surface area contributed by atoms with Crippen LogP contribution in [-0.4, -0.2) is 42.3 Å². The second-order valence-electron chi connectivity index (χ2n) is 5.11. The Kier molecular flexibility index (Phi) is 2.97. The number of amides is 1. The van der Waals surface area contributed by atoms with Gasteiger partial charge in [0.1, 0.15) is 11.5 Å². The number of benzene rings is 1. The maximum Gasteiger partial charge on any atom is 0.222 e. The Morgan fingerprint density at radius 3 is 3.05 bits per heavy atom. The number of nitrogens with zero attached hydrogens (tertiary/aromatic N) is 2. The molecule has 0 radical (unpaired) electrons. The number of hydrogen-bond donors (Lipinski definition) is 1. The van der Waals surface area contributed by atoms with E-state index in [1.54, 1.807) is 12.1 Å².